The third kappa shape index (κ3) is 6.27. The van der Waals surface area contributed by atoms with Gasteiger partial charge in [-0.25, -0.2) is 9.97 Å². The zero-order chi connectivity index (χ0) is 26.3. The van der Waals surface area contributed by atoms with E-state index in [1.54, 1.807) is 24.4 Å². The van der Waals surface area contributed by atoms with Crippen LogP contribution in [0.3, 0.4) is 0 Å². The lowest BCUT2D eigenvalue weighted by atomic mass is 10.1. The molecule has 1 aliphatic heterocycles. The van der Waals surface area contributed by atoms with Crippen LogP contribution < -0.4 is 15.4 Å². The number of H-pyrrole nitrogens is 1. The number of carbonyl (C=O) groups is 1. The highest BCUT2D eigenvalue weighted by Gasteiger charge is 2.18. The van der Waals surface area contributed by atoms with Crippen LogP contribution in [-0.2, 0) is 11.2 Å². The minimum absolute atomic E-state index is 0.0357. The third-order valence-corrected chi connectivity index (χ3v) is 6.37. The summed E-state index contributed by atoms with van der Waals surface area (Å²) in [6.45, 7) is 2.08. The quantitative estimate of drug-likeness (QED) is 0.324. The normalized spacial score (nSPS) is 17.5. The molecule has 0 unspecified atom stereocenters. The van der Waals surface area contributed by atoms with Crippen LogP contribution in [0.15, 0.2) is 65.9 Å². The lowest BCUT2D eigenvalue weighted by molar-refractivity contribution is -0.123. The fourth-order valence-electron chi connectivity index (χ4n) is 4.59. The molecular formula is C28H31N7O3. The van der Waals surface area contributed by atoms with Gasteiger partial charge in [0, 0.05) is 31.4 Å². The summed E-state index contributed by atoms with van der Waals surface area (Å²) in [4.78, 5) is 31.1. The Labute approximate surface area is 220 Å². The highest BCUT2D eigenvalue weighted by Crippen LogP contribution is 2.30. The number of likely N-dealkylation sites (N-methyl/N-ethyl adjacent to an activating group) is 1. The van der Waals surface area contributed by atoms with E-state index in [4.69, 9.17) is 4.74 Å². The van der Waals surface area contributed by atoms with Crippen molar-refractivity contribution >= 4 is 34.7 Å². The highest BCUT2D eigenvalue weighted by molar-refractivity contribution is 6.06. The van der Waals surface area contributed by atoms with Gasteiger partial charge < -0.3 is 30.4 Å². The van der Waals surface area contributed by atoms with E-state index in [1.165, 1.54) is 6.33 Å². The Morgan fingerprint density at radius 3 is 2.87 bits per heavy atom. The number of benzene rings is 2. The number of ether oxygens (including phenoxy) is 1. The number of fused-ring (bicyclic) bond motifs is 2. The SMILES string of the molecule is CN1CCCNc2ncnc3[nH]c(O)c(c23)C=Nc2cccc(c2)OCC(=O)N[C@H](Cc2ccccc2)C1. The molecule has 4 N–H and O–H groups in total. The maximum Gasteiger partial charge on any atom is 0.258 e. The van der Waals surface area contributed by atoms with Gasteiger partial charge in [0.2, 0.25) is 0 Å². The van der Waals surface area contributed by atoms with Gasteiger partial charge in [0.15, 0.2) is 12.5 Å². The summed E-state index contributed by atoms with van der Waals surface area (Å²) in [6, 6.07) is 17.2. The number of rotatable bonds is 2. The van der Waals surface area contributed by atoms with Crippen LogP contribution in [0.5, 0.6) is 11.6 Å². The van der Waals surface area contributed by atoms with Gasteiger partial charge in [0.25, 0.3) is 5.91 Å². The number of hydrogen-bond donors (Lipinski definition) is 4. The van der Waals surface area contributed by atoms with Gasteiger partial charge in [0.1, 0.15) is 23.5 Å². The van der Waals surface area contributed by atoms with Crippen molar-refractivity contribution in [2.45, 2.75) is 18.9 Å². The van der Waals surface area contributed by atoms with Crippen molar-refractivity contribution in [3.63, 3.8) is 0 Å². The van der Waals surface area contributed by atoms with Gasteiger partial charge in [-0.3, -0.25) is 9.79 Å². The maximum absolute atomic E-state index is 12.8. The predicted molar refractivity (Wildman–Crippen MR) is 147 cm³/mol. The molecule has 0 aliphatic carbocycles. The van der Waals surface area contributed by atoms with Gasteiger partial charge >= 0.3 is 0 Å². The fraction of sp³-hybridized carbons (Fsp3) is 0.286. The van der Waals surface area contributed by atoms with Gasteiger partial charge in [-0.1, -0.05) is 36.4 Å². The Balaban J connectivity index is 1.41. The van der Waals surface area contributed by atoms with Crippen LogP contribution in [0.1, 0.15) is 17.5 Å². The topological polar surface area (TPSA) is 128 Å². The molecule has 2 aromatic carbocycles. The second-order valence-electron chi connectivity index (χ2n) is 9.37. The third-order valence-electron chi connectivity index (χ3n) is 6.37. The zero-order valence-corrected chi connectivity index (χ0v) is 21.2. The summed E-state index contributed by atoms with van der Waals surface area (Å²) in [6.07, 6.45) is 4.60. The Bertz CT molecular complexity index is 1420. The maximum atomic E-state index is 12.8. The molecule has 1 atom stereocenters. The van der Waals surface area contributed by atoms with E-state index in [1.807, 2.05) is 24.3 Å². The minimum atomic E-state index is -0.179. The van der Waals surface area contributed by atoms with Crippen LogP contribution in [0.2, 0.25) is 0 Å². The van der Waals surface area contributed by atoms with Crippen LogP contribution in [0.25, 0.3) is 11.0 Å². The van der Waals surface area contributed by atoms with E-state index in [-0.39, 0.29) is 24.4 Å². The monoisotopic (exact) mass is 513 g/mol. The molecule has 10 heteroatoms. The van der Waals surface area contributed by atoms with Crippen molar-refractivity contribution < 1.29 is 14.6 Å². The van der Waals surface area contributed by atoms with Gasteiger partial charge in [0.05, 0.1) is 16.6 Å². The molecule has 4 aromatic rings. The molecule has 38 heavy (non-hydrogen) atoms. The number of aromatic hydroxyl groups is 1. The standard InChI is InChI=1S/C28H31N7O3/c1-35-12-6-11-29-26-25-23(28(37)34-27(25)32-18-31-26)15-30-20-9-5-10-22(14-20)38-17-24(36)33-21(16-35)13-19-7-3-2-4-8-19/h2-5,7-10,14-15,18,21,37H,6,11-13,16-17H2,1H3,(H,33,36)(H2,29,31,32,34)/t21-/m1/s1. The van der Waals surface area contributed by atoms with E-state index in [0.717, 1.165) is 24.9 Å². The molecule has 2 bridgehead atoms. The summed E-state index contributed by atoms with van der Waals surface area (Å²) in [7, 11) is 2.05. The molecular weight excluding hydrogens is 482 g/mol. The molecule has 0 saturated heterocycles. The number of aromatic nitrogens is 3. The van der Waals surface area contributed by atoms with E-state index in [2.05, 4.69) is 54.7 Å². The predicted octanol–water partition coefficient (Wildman–Crippen LogP) is 3.27. The number of nitrogens with one attached hydrogen (secondary N) is 3. The molecule has 0 radical (unpaired) electrons. The summed E-state index contributed by atoms with van der Waals surface area (Å²) in [5.74, 6) is 0.936. The first-order valence-electron chi connectivity index (χ1n) is 12.6. The van der Waals surface area contributed by atoms with E-state index >= 15 is 0 Å². The molecule has 5 rings (SSSR count). The molecule has 0 spiro atoms. The van der Waals surface area contributed by atoms with Crippen molar-refractivity contribution in [2.24, 2.45) is 4.99 Å². The fourth-order valence-corrected chi connectivity index (χ4v) is 4.59. The highest BCUT2D eigenvalue weighted by atomic mass is 16.5. The number of anilines is 1. The average Bonchev–Trinajstić information content (AvgIpc) is 3.24. The molecule has 1 aliphatic rings. The number of hydrogen-bond acceptors (Lipinski definition) is 8. The minimum Gasteiger partial charge on any atom is -0.494 e. The van der Waals surface area contributed by atoms with Crippen LogP contribution in [0, 0.1) is 0 Å². The number of carbonyl (C=O) groups excluding carboxylic acids is 1. The summed E-state index contributed by atoms with van der Waals surface area (Å²) >= 11 is 0. The first kappa shape index (κ1) is 25.2. The molecule has 0 saturated carbocycles. The first-order chi connectivity index (χ1) is 18.5. The lowest BCUT2D eigenvalue weighted by Gasteiger charge is -2.25. The largest absolute Gasteiger partial charge is 0.494 e. The summed E-state index contributed by atoms with van der Waals surface area (Å²) in [5.41, 5.74) is 2.79. The summed E-state index contributed by atoms with van der Waals surface area (Å²) < 4.78 is 5.79. The lowest BCUT2D eigenvalue weighted by Crippen LogP contribution is -2.46. The number of aromatic amines is 1. The Hall–Kier alpha value is -4.44. The molecule has 1 amide bonds. The van der Waals surface area contributed by atoms with E-state index in [9.17, 15) is 9.90 Å². The number of aliphatic imine (C=N–C) groups is 1. The van der Waals surface area contributed by atoms with Crippen molar-refractivity contribution in [2.75, 3.05) is 38.6 Å². The number of amides is 1. The van der Waals surface area contributed by atoms with Crippen LogP contribution >= 0.6 is 0 Å². The van der Waals surface area contributed by atoms with E-state index < -0.39 is 0 Å². The molecule has 0 fully saturated rings. The number of nitrogens with zero attached hydrogens (tertiary/aromatic N) is 4. The molecule has 3 heterocycles. The summed E-state index contributed by atoms with van der Waals surface area (Å²) in [5, 5.41) is 17.7. The molecule has 196 valence electrons. The van der Waals surface area contributed by atoms with Crippen molar-refractivity contribution in [1.29, 1.82) is 0 Å². The van der Waals surface area contributed by atoms with Crippen molar-refractivity contribution in [1.82, 2.24) is 25.2 Å². The molecule has 10 nitrogen and oxygen atoms in total. The second-order valence-corrected chi connectivity index (χ2v) is 9.37. The van der Waals surface area contributed by atoms with Crippen LogP contribution in [0.4, 0.5) is 11.5 Å². The first-order valence-corrected chi connectivity index (χ1v) is 12.6. The molecule has 2 aromatic heterocycles. The van der Waals surface area contributed by atoms with Crippen LogP contribution in [-0.4, -0.2) is 76.4 Å². The van der Waals surface area contributed by atoms with Crippen molar-refractivity contribution in [3.8, 4) is 11.6 Å². The van der Waals surface area contributed by atoms with Gasteiger partial charge in [-0.2, -0.15) is 0 Å². The van der Waals surface area contributed by atoms with Gasteiger partial charge in [-0.15, -0.1) is 0 Å². The Kier molecular flexibility index (Phi) is 7.79. The Morgan fingerprint density at radius 2 is 2.00 bits per heavy atom. The van der Waals surface area contributed by atoms with E-state index in [0.29, 0.717) is 46.9 Å². The zero-order valence-electron chi connectivity index (χ0n) is 21.2. The average molecular weight is 514 g/mol. The second kappa shape index (κ2) is 11.7. The van der Waals surface area contributed by atoms with Crippen molar-refractivity contribution in [3.05, 3.63) is 72.1 Å². The smallest absolute Gasteiger partial charge is 0.258 e. The Morgan fingerprint density at radius 1 is 1.13 bits per heavy atom. The van der Waals surface area contributed by atoms with Gasteiger partial charge in [-0.05, 0) is 44.1 Å².